The summed E-state index contributed by atoms with van der Waals surface area (Å²) in [6, 6.07) is 9.87. The van der Waals surface area contributed by atoms with Gasteiger partial charge in [0.2, 0.25) is 6.41 Å². The van der Waals surface area contributed by atoms with Crippen LogP contribution in [0.3, 0.4) is 0 Å². The third-order valence-corrected chi connectivity index (χ3v) is 4.81. The quantitative estimate of drug-likeness (QED) is 0.785. The molecule has 0 radical (unpaired) electrons. The summed E-state index contributed by atoms with van der Waals surface area (Å²) in [4.78, 5) is 27.3. The summed E-state index contributed by atoms with van der Waals surface area (Å²) in [5.74, 6) is -0.116. The van der Waals surface area contributed by atoms with Crippen molar-refractivity contribution < 1.29 is 9.59 Å². The zero-order valence-electron chi connectivity index (χ0n) is 14.2. The lowest BCUT2D eigenvalue weighted by atomic mass is 10.2. The highest BCUT2D eigenvalue weighted by molar-refractivity contribution is 6.33. The first-order chi connectivity index (χ1) is 12.1. The van der Waals surface area contributed by atoms with E-state index >= 15 is 0 Å². The van der Waals surface area contributed by atoms with Crippen molar-refractivity contribution in [2.24, 2.45) is 0 Å². The summed E-state index contributed by atoms with van der Waals surface area (Å²) in [5.41, 5.74) is 2.15. The number of benzene rings is 1. The Morgan fingerprint density at radius 3 is 2.68 bits per heavy atom. The minimum absolute atomic E-state index is 0.116. The van der Waals surface area contributed by atoms with E-state index in [1.807, 2.05) is 30.3 Å². The van der Waals surface area contributed by atoms with Gasteiger partial charge in [0.05, 0.1) is 17.8 Å². The maximum absolute atomic E-state index is 12.9. The van der Waals surface area contributed by atoms with E-state index in [9.17, 15) is 9.59 Å². The number of aromatic nitrogens is 2. The van der Waals surface area contributed by atoms with Gasteiger partial charge >= 0.3 is 0 Å². The average molecular weight is 361 g/mol. The second-order valence-corrected chi connectivity index (χ2v) is 6.54. The summed E-state index contributed by atoms with van der Waals surface area (Å²) in [5, 5.41) is 4.81. The molecule has 1 aromatic carbocycles. The molecule has 1 fully saturated rings. The molecule has 2 aromatic rings. The summed E-state index contributed by atoms with van der Waals surface area (Å²) in [6.45, 7) is 4.67. The fourth-order valence-corrected chi connectivity index (χ4v) is 3.38. The van der Waals surface area contributed by atoms with Crippen LogP contribution in [-0.2, 0) is 11.3 Å². The van der Waals surface area contributed by atoms with Gasteiger partial charge in [0, 0.05) is 26.2 Å². The molecule has 1 aliphatic heterocycles. The Kier molecular flexibility index (Phi) is 5.38. The topological polar surface area (TPSA) is 58.4 Å². The molecule has 1 aromatic heterocycles. The Bertz CT molecular complexity index is 760. The van der Waals surface area contributed by atoms with Crippen molar-refractivity contribution in [3.63, 3.8) is 0 Å². The van der Waals surface area contributed by atoms with Gasteiger partial charge < -0.3 is 9.80 Å². The second kappa shape index (κ2) is 7.70. The van der Waals surface area contributed by atoms with Crippen LogP contribution in [0.4, 0.5) is 0 Å². The lowest BCUT2D eigenvalue weighted by Crippen LogP contribution is -2.35. The van der Waals surface area contributed by atoms with E-state index in [0.717, 1.165) is 18.4 Å². The number of carbonyl (C=O) groups excluding carboxylic acids is 2. The van der Waals surface area contributed by atoms with Crippen molar-refractivity contribution in [3.8, 4) is 0 Å². The first-order valence-corrected chi connectivity index (χ1v) is 8.73. The number of hydrogen-bond donors (Lipinski definition) is 0. The van der Waals surface area contributed by atoms with Crippen LogP contribution in [-0.4, -0.2) is 58.1 Å². The van der Waals surface area contributed by atoms with E-state index in [2.05, 4.69) is 5.10 Å². The normalized spacial score (nSPS) is 15.1. The molecule has 6 nitrogen and oxygen atoms in total. The standard InChI is InChI=1S/C18H21ClN4O2/c1-14-16(18(25)22-9-5-8-21(13-24)10-11-22)17(19)23(20-14)12-15-6-3-2-4-7-15/h2-4,6-7,13H,5,8-12H2,1H3. The fourth-order valence-electron chi connectivity index (χ4n) is 3.06. The number of nitrogens with zero attached hydrogens (tertiary/aromatic N) is 4. The highest BCUT2D eigenvalue weighted by Crippen LogP contribution is 2.23. The van der Waals surface area contributed by atoms with Gasteiger partial charge in [-0.15, -0.1) is 0 Å². The zero-order valence-corrected chi connectivity index (χ0v) is 14.9. The zero-order chi connectivity index (χ0) is 17.8. The van der Waals surface area contributed by atoms with Gasteiger partial charge in [0.25, 0.3) is 5.91 Å². The average Bonchev–Trinajstić information content (AvgIpc) is 2.80. The smallest absolute Gasteiger partial charge is 0.258 e. The molecule has 3 rings (SSSR count). The van der Waals surface area contributed by atoms with Gasteiger partial charge in [-0.25, -0.2) is 4.68 Å². The maximum Gasteiger partial charge on any atom is 0.258 e. The Balaban J connectivity index is 1.80. The third kappa shape index (κ3) is 3.85. The predicted octanol–water partition coefficient (Wildman–Crippen LogP) is 2.20. The SMILES string of the molecule is Cc1nn(Cc2ccccc2)c(Cl)c1C(=O)N1CCCN(C=O)CC1. The van der Waals surface area contributed by atoms with Crippen LogP contribution in [0.2, 0.25) is 5.15 Å². The van der Waals surface area contributed by atoms with Crippen LogP contribution in [0.1, 0.15) is 28.0 Å². The minimum atomic E-state index is -0.116. The number of halogens is 1. The van der Waals surface area contributed by atoms with Crippen LogP contribution >= 0.6 is 11.6 Å². The monoisotopic (exact) mass is 360 g/mol. The van der Waals surface area contributed by atoms with E-state index in [0.29, 0.717) is 49.1 Å². The molecule has 2 amide bonds. The number of amides is 2. The molecule has 1 aliphatic rings. The first kappa shape index (κ1) is 17.5. The van der Waals surface area contributed by atoms with Crippen LogP contribution in [0, 0.1) is 6.92 Å². The van der Waals surface area contributed by atoms with Gasteiger partial charge in [-0.05, 0) is 18.9 Å². The van der Waals surface area contributed by atoms with Gasteiger partial charge in [-0.3, -0.25) is 9.59 Å². The number of aryl methyl sites for hydroxylation is 1. The molecule has 0 saturated carbocycles. The van der Waals surface area contributed by atoms with Crippen molar-refractivity contribution >= 4 is 23.9 Å². The molecule has 2 heterocycles. The molecular weight excluding hydrogens is 340 g/mol. The highest BCUT2D eigenvalue weighted by atomic mass is 35.5. The maximum atomic E-state index is 12.9. The molecule has 0 atom stereocenters. The van der Waals surface area contributed by atoms with Gasteiger partial charge in [-0.2, -0.15) is 5.10 Å². The fraction of sp³-hybridized carbons (Fsp3) is 0.389. The molecular formula is C18H21ClN4O2. The Morgan fingerprint density at radius 1 is 1.20 bits per heavy atom. The molecule has 0 unspecified atom stereocenters. The predicted molar refractivity (Wildman–Crippen MR) is 95.7 cm³/mol. The summed E-state index contributed by atoms with van der Waals surface area (Å²) in [6.07, 6.45) is 1.60. The molecule has 1 saturated heterocycles. The van der Waals surface area contributed by atoms with E-state index < -0.39 is 0 Å². The lowest BCUT2D eigenvalue weighted by Gasteiger charge is -2.20. The van der Waals surface area contributed by atoms with Crippen LogP contribution < -0.4 is 0 Å². The van der Waals surface area contributed by atoms with Crippen LogP contribution in [0.5, 0.6) is 0 Å². The van der Waals surface area contributed by atoms with E-state index in [-0.39, 0.29) is 5.91 Å². The number of hydrogen-bond acceptors (Lipinski definition) is 3. The Hall–Kier alpha value is -2.34. The molecule has 7 heteroatoms. The molecule has 0 spiro atoms. The van der Waals surface area contributed by atoms with Crippen molar-refractivity contribution in [2.45, 2.75) is 19.9 Å². The van der Waals surface area contributed by atoms with Crippen LogP contribution in [0.15, 0.2) is 30.3 Å². The first-order valence-electron chi connectivity index (χ1n) is 8.35. The molecule has 25 heavy (non-hydrogen) atoms. The number of carbonyl (C=O) groups is 2. The van der Waals surface area contributed by atoms with Gasteiger partial charge in [0.1, 0.15) is 5.15 Å². The number of rotatable bonds is 4. The lowest BCUT2D eigenvalue weighted by molar-refractivity contribution is -0.118. The van der Waals surface area contributed by atoms with Crippen molar-refractivity contribution in [1.29, 1.82) is 0 Å². The Labute approximate surface area is 152 Å². The van der Waals surface area contributed by atoms with E-state index in [1.165, 1.54) is 0 Å². The summed E-state index contributed by atoms with van der Waals surface area (Å²) in [7, 11) is 0. The van der Waals surface area contributed by atoms with Crippen molar-refractivity contribution in [2.75, 3.05) is 26.2 Å². The largest absolute Gasteiger partial charge is 0.343 e. The van der Waals surface area contributed by atoms with Crippen LogP contribution in [0.25, 0.3) is 0 Å². The van der Waals surface area contributed by atoms with Crippen molar-refractivity contribution in [3.05, 3.63) is 52.3 Å². The summed E-state index contributed by atoms with van der Waals surface area (Å²) >= 11 is 6.48. The minimum Gasteiger partial charge on any atom is -0.343 e. The molecule has 0 aliphatic carbocycles. The van der Waals surface area contributed by atoms with E-state index in [4.69, 9.17) is 11.6 Å². The molecule has 0 bridgehead atoms. The summed E-state index contributed by atoms with van der Waals surface area (Å²) < 4.78 is 1.66. The third-order valence-electron chi connectivity index (χ3n) is 4.42. The molecule has 132 valence electrons. The van der Waals surface area contributed by atoms with E-state index in [1.54, 1.807) is 21.4 Å². The van der Waals surface area contributed by atoms with Crippen molar-refractivity contribution in [1.82, 2.24) is 19.6 Å². The highest BCUT2D eigenvalue weighted by Gasteiger charge is 2.26. The second-order valence-electron chi connectivity index (χ2n) is 6.18. The van der Waals surface area contributed by atoms with Gasteiger partial charge in [0.15, 0.2) is 0 Å². The van der Waals surface area contributed by atoms with Gasteiger partial charge in [-0.1, -0.05) is 41.9 Å². The Morgan fingerprint density at radius 2 is 1.96 bits per heavy atom. The molecule has 0 N–H and O–H groups in total.